The molecule has 0 spiro atoms. The summed E-state index contributed by atoms with van der Waals surface area (Å²) >= 11 is 10.2. The molecular weight excluding hydrogens is 701 g/mol. The number of thiazole rings is 1. The van der Waals surface area contributed by atoms with Crippen molar-refractivity contribution in [2.45, 2.75) is 43.5 Å². The van der Waals surface area contributed by atoms with Gasteiger partial charge >= 0.3 is 17.4 Å². The monoisotopic (exact) mass is 728 g/mol. The Balaban J connectivity index is 0.000000555. The van der Waals surface area contributed by atoms with Crippen LogP contribution in [0.3, 0.4) is 0 Å². The van der Waals surface area contributed by atoms with Crippen molar-refractivity contribution in [3.8, 4) is 11.5 Å². The van der Waals surface area contributed by atoms with E-state index in [9.17, 15) is 22.8 Å². The summed E-state index contributed by atoms with van der Waals surface area (Å²) in [5, 5.41) is 2.96. The number of nitrogens with zero attached hydrogens (tertiary/aromatic N) is 2. The zero-order chi connectivity index (χ0) is 34.7. The van der Waals surface area contributed by atoms with Crippen molar-refractivity contribution in [2.24, 2.45) is 7.05 Å². The second kappa shape index (κ2) is 14.6. The fourth-order valence-corrected chi connectivity index (χ4v) is 6.97. The van der Waals surface area contributed by atoms with E-state index in [2.05, 4.69) is 33.8 Å². The number of hydrogen-bond donors (Lipinski definition) is 0. The number of anilines is 1. The highest BCUT2D eigenvalue weighted by Crippen LogP contribution is 2.46. The number of hydrogen-bond acceptors (Lipinski definition) is 10. The minimum absolute atomic E-state index is 0.332. The minimum atomic E-state index is -6.09. The first-order valence-electron chi connectivity index (χ1n) is 13.8. The highest BCUT2D eigenvalue weighted by Gasteiger charge is 2.37. The summed E-state index contributed by atoms with van der Waals surface area (Å²) in [7, 11) is -2.08. The summed E-state index contributed by atoms with van der Waals surface area (Å²) in [5.74, 6) is 0.420. The first kappa shape index (κ1) is 36.2. The molecule has 3 aromatic rings. The van der Waals surface area contributed by atoms with Crippen LogP contribution in [0, 0.1) is 0 Å². The maximum absolute atomic E-state index is 11.3. The topological polar surface area (TPSA) is 117 Å². The molecule has 2 heterocycles. The Hall–Kier alpha value is -3.63. The quantitative estimate of drug-likeness (QED) is 0.0876. The van der Waals surface area contributed by atoms with E-state index < -0.39 is 15.6 Å². The van der Waals surface area contributed by atoms with Crippen molar-refractivity contribution in [1.29, 1.82) is 0 Å². The fourth-order valence-electron chi connectivity index (χ4n) is 4.59. The van der Waals surface area contributed by atoms with Crippen LogP contribution in [0.1, 0.15) is 38.1 Å². The SMILES string of the molecule is CC(=O)Oc1ccc2c(c1)N(C)/C(=C/C=C1CCCC(/C=C/c3sc4ccc(OC(C)=O)cc4[n+]3C)=C1Cl)S2.O=S(=O)([O-])C(F)(F)F. The number of rotatable bonds is 5. The smallest absolute Gasteiger partial charge is 0.485 e. The number of esters is 2. The molecule has 1 aliphatic heterocycles. The average Bonchev–Trinajstić information content (AvgIpc) is 3.45. The van der Waals surface area contributed by atoms with E-state index in [0.29, 0.717) is 11.5 Å². The Bertz CT molecular complexity index is 1970. The molecule has 1 aliphatic carbocycles. The van der Waals surface area contributed by atoms with Crippen LogP contribution in [0.15, 0.2) is 80.7 Å². The fraction of sp³-hybridized carbons (Fsp3) is 0.258. The van der Waals surface area contributed by atoms with Crippen molar-refractivity contribution in [2.75, 3.05) is 11.9 Å². The van der Waals surface area contributed by atoms with Crippen molar-refractivity contribution in [3.05, 3.63) is 80.8 Å². The van der Waals surface area contributed by atoms with Gasteiger partial charge in [0.15, 0.2) is 10.1 Å². The van der Waals surface area contributed by atoms with E-state index in [1.807, 2.05) is 50.5 Å². The molecule has 0 bridgehead atoms. The number of halogens is 4. The van der Waals surface area contributed by atoms with Crippen LogP contribution in [0.2, 0.25) is 0 Å². The lowest BCUT2D eigenvalue weighted by atomic mass is 9.94. The first-order valence-corrected chi connectivity index (χ1v) is 17.2. The lowest BCUT2D eigenvalue weighted by molar-refractivity contribution is -0.642. The predicted octanol–water partition coefficient (Wildman–Crippen LogP) is 7.33. The summed E-state index contributed by atoms with van der Waals surface area (Å²) in [6, 6.07) is 11.4. The van der Waals surface area contributed by atoms with Gasteiger partial charge in [-0.2, -0.15) is 17.7 Å². The molecule has 0 radical (unpaired) electrons. The number of thioether (sulfide) groups is 1. The zero-order valence-corrected chi connectivity index (χ0v) is 28.6. The molecule has 250 valence electrons. The largest absolute Gasteiger partial charge is 0.741 e. The van der Waals surface area contributed by atoms with Crippen LogP contribution in [0.4, 0.5) is 18.9 Å². The molecule has 0 fully saturated rings. The summed E-state index contributed by atoms with van der Waals surface area (Å²) in [6.07, 6.45) is 11.3. The number of aromatic nitrogens is 1. The van der Waals surface area contributed by atoms with Gasteiger partial charge in [0, 0.05) is 43.0 Å². The average molecular weight is 729 g/mol. The van der Waals surface area contributed by atoms with Crippen molar-refractivity contribution < 1.29 is 49.8 Å². The van der Waals surface area contributed by atoms with Crippen LogP contribution in [0.5, 0.6) is 11.5 Å². The van der Waals surface area contributed by atoms with Crippen LogP contribution in [-0.2, 0) is 26.8 Å². The molecule has 0 amide bonds. The van der Waals surface area contributed by atoms with Gasteiger partial charge in [0.2, 0.25) is 5.52 Å². The number of carbonyl (C=O) groups excluding carboxylic acids is 2. The van der Waals surface area contributed by atoms with Gasteiger partial charge in [0.25, 0.3) is 5.01 Å². The maximum Gasteiger partial charge on any atom is 0.485 e. The van der Waals surface area contributed by atoms with Crippen LogP contribution in [0.25, 0.3) is 16.3 Å². The van der Waals surface area contributed by atoms with E-state index in [1.54, 1.807) is 23.1 Å². The van der Waals surface area contributed by atoms with Crippen LogP contribution >= 0.6 is 34.7 Å². The predicted molar refractivity (Wildman–Crippen MR) is 174 cm³/mol. The van der Waals surface area contributed by atoms with Gasteiger partial charge in [-0.1, -0.05) is 46.9 Å². The van der Waals surface area contributed by atoms with Gasteiger partial charge in [-0.25, -0.2) is 8.42 Å². The third-order valence-corrected chi connectivity index (χ3v) is 10.2. The number of aryl methyl sites for hydroxylation is 1. The summed E-state index contributed by atoms with van der Waals surface area (Å²) in [4.78, 5) is 25.9. The van der Waals surface area contributed by atoms with Crippen LogP contribution in [-0.4, -0.2) is 37.5 Å². The normalized spacial score (nSPS) is 16.9. The molecule has 2 aliphatic rings. The Morgan fingerprint density at radius 1 is 1.02 bits per heavy atom. The minimum Gasteiger partial charge on any atom is -0.741 e. The van der Waals surface area contributed by atoms with Crippen LogP contribution < -0.4 is 18.9 Å². The molecule has 2 aromatic carbocycles. The Kier molecular flexibility index (Phi) is 11.3. The molecule has 0 unspecified atom stereocenters. The summed E-state index contributed by atoms with van der Waals surface area (Å²) in [5.41, 5.74) is -1.39. The number of allylic oxidation sites excluding steroid dienone is 6. The molecule has 5 rings (SSSR count). The van der Waals surface area contributed by atoms with Crippen molar-refractivity contribution in [3.63, 3.8) is 0 Å². The van der Waals surface area contributed by atoms with Gasteiger partial charge in [0.05, 0.1) is 16.8 Å². The Morgan fingerprint density at radius 2 is 1.64 bits per heavy atom. The molecule has 9 nitrogen and oxygen atoms in total. The number of ether oxygens (including phenoxy) is 2. The number of alkyl halides is 3. The Labute approximate surface area is 282 Å². The van der Waals surface area contributed by atoms with Gasteiger partial charge in [0.1, 0.15) is 23.2 Å². The van der Waals surface area contributed by atoms with Gasteiger partial charge in [-0.05, 0) is 60.8 Å². The molecule has 1 aromatic heterocycles. The van der Waals surface area contributed by atoms with Gasteiger partial charge in [-0.3, -0.25) is 9.59 Å². The molecule has 16 heteroatoms. The van der Waals surface area contributed by atoms with Gasteiger partial charge in [-0.15, -0.1) is 0 Å². The van der Waals surface area contributed by atoms with E-state index in [-0.39, 0.29) is 11.9 Å². The van der Waals surface area contributed by atoms with E-state index in [1.165, 1.54) is 13.8 Å². The second-order valence-corrected chi connectivity index (χ2v) is 14.1. The number of carbonyl (C=O) groups is 2. The van der Waals surface area contributed by atoms with Crippen molar-refractivity contribution >= 4 is 78.7 Å². The van der Waals surface area contributed by atoms with E-state index in [4.69, 9.17) is 34.0 Å². The van der Waals surface area contributed by atoms with E-state index >= 15 is 0 Å². The number of benzene rings is 2. The zero-order valence-electron chi connectivity index (χ0n) is 25.4. The highest BCUT2D eigenvalue weighted by molar-refractivity contribution is 8.03. The molecule has 0 saturated heterocycles. The third kappa shape index (κ3) is 9.05. The second-order valence-electron chi connectivity index (χ2n) is 10.2. The Morgan fingerprint density at radius 3 is 2.26 bits per heavy atom. The highest BCUT2D eigenvalue weighted by atomic mass is 35.5. The summed E-state index contributed by atoms with van der Waals surface area (Å²) < 4.78 is 72.6. The number of fused-ring (bicyclic) bond motifs is 2. The standard InChI is InChI=1S/C30H28ClN2O4S2.CHF3O3S/c1-18(34)36-22-10-12-26-24(16-22)32(3)28(38-26)14-8-20-6-5-7-21(30(20)31)9-15-29-33(4)25-17-23(37-19(2)35)11-13-27(25)39-29;2-1(3,4)8(5,6)7/h8-17H,5-7H2,1-4H3;(H,5,6,7)/q+1;/p-1. The maximum atomic E-state index is 11.3. The molecule has 0 saturated carbocycles. The van der Waals surface area contributed by atoms with Gasteiger partial charge < -0.3 is 18.9 Å². The first-order chi connectivity index (χ1) is 21.9. The third-order valence-electron chi connectivity index (χ3n) is 6.79. The lowest BCUT2D eigenvalue weighted by Gasteiger charge is -2.17. The molecule has 0 atom stereocenters. The lowest BCUT2D eigenvalue weighted by Crippen LogP contribution is -2.28. The van der Waals surface area contributed by atoms with Crippen molar-refractivity contribution in [1.82, 2.24) is 0 Å². The molecular formula is C31H28ClF3N2O7S3. The van der Waals surface area contributed by atoms with E-state index in [0.717, 1.165) is 66.3 Å². The summed E-state index contributed by atoms with van der Waals surface area (Å²) in [6.45, 7) is 2.80. The molecule has 47 heavy (non-hydrogen) atoms. The molecule has 0 N–H and O–H groups in total.